The summed E-state index contributed by atoms with van der Waals surface area (Å²) in [5, 5.41) is 3.11. The minimum absolute atomic E-state index is 0.0919. The fourth-order valence-electron chi connectivity index (χ4n) is 2.87. The molecule has 2 amide bonds. The van der Waals surface area contributed by atoms with Gasteiger partial charge in [-0.25, -0.2) is 0 Å². The van der Waals surface area contributed by atoms with Gasteiger partial charge in [0.25, 0.3) is 0 Å². The van der Waals surface area contributed by atoms with E-state index in [0.717, 1.165) is 51.6 Å². The first-order valence-corrected chi connectivity index (χ1v) is 9.69. The third-order valence-electron chi connectivity index (χ3n) is 4.61. The molecule has 2 saturated heterocycles. The van der Waals surface area contributed by atoms with Gasteiger partial charge in [-0.15, -0.1) is 11.8 Å². The fourth-order valence-corrected chi connectivity index (χ4v) is 3.85. The lowest BCUT2D eigenvalue weighted by molar-refractivity contribution is -0.133. The van der Waals surface area contributed by atoms with Crippen LogP contribution in [-0.4, -0.2) is 89.5 Å². The number of amides is 2. The first-order valence-electron chi connectivity index (χ1n) is 8.64. The first-order chi connectivity index (χ1) is 11.0. The highest BCUT2D eigenvalue weighted by Crippen LogP contribution is 2.19. The van der Waals surface area contributed by atoms with Gasteiger partial charge in [0.15, 0.2) is 0 Å². The molecule has 2 fully saturated rings. The zero-order valence-electron chi connectivity index (χ0n) is 14.6. The van der Waals surface area contributed by atoms with Crippen molar-refractivity contribution in [3.05, 3.63) is 0 Å². The van der Waals surface area contributed by atoms with Gasteiger partial charge in [0.05, 0.1) is 18.5 Å². The number of thioether (sulfide) groups is 1. The highest BCUT2D eigenvalue weighted by atomic mass is 32.2. The van der Waals surface area contributed by atoms with Crippen LogP contribution >= 0.6 is 11.8 Å². The number of rotatable bonds is 6. The van der Waals surface area contributed by atoms with Crippen molar-refractivity contribution in [2.45, 2.75) is 38.5 Å². The summed E-state index contributed by atoms with van der Waals surface area (Å²) in [5.41, 5.74) is 0. The van der Waals surface area contributed by atoms with Gasteiger partial charge < -0.3 is 10.2 Å². The van der Waals surface area contributed by atoms with Crippen LogP contribution in [0.5, 0.6) is 0 Å². The van der Waals surface area contributed by atoms with Gasteiger partial charge in [-0.1, -0.05) is 6.92 Å². The third kappa shape index (κ3) is 5.65. The molecule has 132 valence electrons. The summed E-state index contributed by atoms with van der Waals surface area (Å²) in [4.78, 5) is 30.6. The molecule has 0 aromatic heterocycles. The molecule has 7 heteroatoms. The van der Waals surface area contributed by atoms with Crippen LogP contribution in [0.1, 0.15) is 27.2 Å². The Bertz CT molecular complexity index is 413. The minimum atomic E-state index is 0.0919. The number of carbonyl (C=O) groups excluding carboxylic acids is 2. The highest BCUT2D eigenvalue weighted by Gasteiger charge is 2.28. The van der Waals surface area contributed by atoms with Crippen LogP contribution in [0, 0.1) is 0 Å². The van der Waals surface area contributed by atoms with E-state index in [1.54, 1.807) is 11.8 Å². The summed E-state index contributed by atoms with van der Waals surface area (Å²) >= 11 is 1.74. The van der Waals surface area contributed by atoms with Crippen molar-refractivity contribution < 1.29 is 9.59 Å². The molecular formula is C16H30N4O2S. The largest absolute Gasteiger partial charge is 0.353 e. The topological polar surface area (TPSA) is 55.9 Å². The molecule has 0 unspecified atom stereocenters. The molecule has 0 bridgehead atoms. The molecule has 23 heavy (non-hydrogen) atoms. The maximum atomic E-state index is 12.2. The van der Waals surface area contributed by atoms with E-state index in [9.17, 15) is 9.59 Å². The van der Waals surface area contributed by atoms with Crippen LogP contribution in [-0.2, 0) is 9.59 Å². The Labute approximate surface area is 143 Å². The average molecular weight is 343 g/mol. The van der Waals surface area contributed by atoms with Crippen molar-refractivity contribution in [1.82, 2.24) is 20.0 Å². The molecule has 0 aromatic rings. The average Bonchev–Trinajstić information content (AvgIpc) is 2.53. The molecule has 2 aliphatic heterocycles. The summed E-state index contributed by atoms with van der Waals surface area (Å²) < 4.78 is 0. The second kappa shape index (κ2) is 8.89. The Hall–Kier alpha value is -0.790. The first kappa shape index (κ1) is 18.5. The van der Waals surface area contributed by atoms with Gasteiger partial charge in [0.2, 0.25) is 11.8 Å². The summed E-state index contributed by atoms with van der Waals surface area (Å²) in [6, 6.07) is 0.244. The van der Waals surface area contributed by atoms with Crippen LogP contribution in [0.3, 0.4) is 0 Å². The van der Waals surface area contributed by atoms with E-state index in [-0.39, 0.29) is 23.1 Å². The van der Waals surface area contributed by atoms with E-state index in [2.05, 4.69) is 22.0 Å². The van der Waals surface area contributed by atoms with E-state index in [1.807, 2.05) is 18.7 Å². The van der Waals surface area contributed by atoms with Crippen molar-refractivity contribution in [3.8, 4) is 0 Å². The number of nitrogens with one attached hydrogen (secondary N) is 1. The Kier molecular flexibility index (Phi) is 7.17. The van der Waals surface area contributed by atoms with Crippen molar-refractivity contribution >= 4 is 23.6 Å². The maximum Gasteiger partial charge on any atom is 0.236 e. The molecule has 2 aliphatic rings. The predicted molar refractivity (Wildman–Crippen MR) is 94.4 cm³/mol. The van der Waals surface area contributed by atoms with Gasteiger partial charge >= 0.3 is 0 Å². The molecule has 6 nitrogen and oxygen atoms in total. The van der Waals surface area contributed by atoms with E-state index in [4.69, 9.17) is 0 Å². The van der Waals surface area contributed by atoms with Gasteiger partial charge in [-0.3, -0.25) is 19.4 Å². The molecule has 2 atom stereocenters. The van der Waals surface area contributed by atoms with Crippen LogP contribution < -0.4 is 5.32 Å². The smallest absolute Gasteiger partial charge is 0.236 e. The van der Waals surface area contributed by atoms with Crippen LogP contribution in [0.4, 0.5) is 0 Å². The van der Waals surface area contributed by atoms with Gasteiger partial charge in [0, 0.05) is 44.5 Å². The molecule has 2 heterocycles. The predicted octanol–water partition coefficient (Wildman–Crippen LogP) is 0.440. The van der Waals surface area contributed by atoms with Crippen LogP contribution in [0.2, 0.25) is 0 Å². The number of piperazine rings is 1. The van der Waals surface area contributed by atoms with Crippen molar-refractivity contribution in [3.63, 3.8) is 0 Å². The molecule has 0 saturated carbocycles. The van der Waals surface area contributed by atoms with E-state index >= 15 is 0 Å². The van der Waals surface area contributed by atoms with Crippen molar-refractivity contribution in [2.24, 2.45) is 0 Å². The van der Waals surface area contributed by atoms with Gasteiger partial charge in [0.1, 0.15) is 0 Å². The second-order valence-electron chi connectivity index (χ2n) is 6.53. The molecular weight excluding hydrogens is 312 g/mol. The molecule has 0 aliphatic carbocycles. The lowest BCUT2D eigenvalue weighted by Gasteiger charge is -2.39. The zero-order chi connectivity index (χ0) is 16.8. The Morgan fingerprint density at radius 1 is 1.26 bits per heavy atom. The summed E-state index contributed by atoms with van der Waals surface area (Å²) in [6.07, 6.45) is 0.958. The lowest BCUT2D eigenvalue weighted by Crippen LogP contribution is -2.54. The van der Waals surface area contributed by atoms with E-state index < -0.39 is 0 Å². The number of carbonyl (C=O) groups is 2. The SMILES string of the molecule is CC[C@H](C)NC(=O)CN1CCN(CN2CCS[C@@H](C)C2=O)CC1. The standard InChI is InChI=1S/C16H30N4O2S/c1-4-13(2)17-15(21)11-18-5-7-19(8-6-18)12-20-9-10-23-14(3)16(20)22/h13-14H,4-12H2,1-3H3,(H,17,21)/t13-,14-/m0/s1. The lowest BCUT2D eigenvalue weighted by atomic mass is 10.2. The molecule has 0 spiro atoms. The quantitative estimate of drug-likeness (QED) is 0.759. The van der Waals surface area contributed by atoms with Crippen LogP contribution in [0.25, 0.3) is 0 Å². The normalized spacial score (nSPS) is 25.4. The molecule has 0 radical (unpaired) electrons. The second-order valence-corrected chi connectivity index (χ2v) is 7.98. The third-order valence-corrected chi connectivity index (χ3v) is 5.73. The van der Waals surface area contributed by atoms with Crippen LogP contribution in [0.15, 0.2) is 0 Å². The summed E-state index contributed by atoms with van der Waals surface area (Å²) in [6.45, 7) is 11.8. The summed E-state index contributed by atoms with van der Waals surface area (Å²) in [5.74, 6) is 1.41. The Morgan fingerprint density at radius 3 is 2.57 bits per heavy atom. The van der Waals surface area contributed by atoms with Gasteiger partial charge in [-0.05, 0) is 20.3 Å². The molecule has 0 aromatic carbocycles. The Balaban J connectivity index is 1.69. The molecule has 1 N–H and O–H groups in total. The minimum Gasteiger partial charge on any atom is -0.353 e. The van der Waals surface area contributed by atoms with E-state index in [0.29, 0.717) is 6.54 Å². The molecule has 2 rings (SSSR count). The fraction of sp³-hybridized carbons (Fsp3) is 0.875. The van der Waals surface area contributed by atoms with Crippen molar-refractivity contribution in [2.75, 3.05) is 51.7 Å². The highest BCUT2D eigenvalue weighted by molar-refractivity contribution is 8.00. The zero-order valence-corrected chi connectivity index (χ0v) is 15.4. The number of nitrogens with zero attached hydrogens (tertiary/aromatic N) is 3. The maximum absolute atomic E-state index is 12.2. The van der Waals surface area contributed by atoms with Gasteiger partial charge in [-0.2, -0.15) is 0 Å². The number of hydrogen-bond acceptors (Lipinski definition) is 5. The van der Waals surface area contributed by atoms with Crippen molar-refractivity contribution in [1.29, 1.82) is 0 Å². The summed E-state index contributed by atoms with van der Waals surface area (Å²) in [7, 11) is 0. The Morgan fingerprint density at radius 2 is 1.91 bits per heavy atom. The monoisotopic (exact) mass is 342 g/mol. The number of hydrogen-bond donors (Lipinski definition) is 1. The van der Waals surface area contributed by atoms with E-state index in [1.165, 1.54) is 0 Å².